The number of aryl methyl sites for hydroxylation is 4. The van der Waals surface area contributed by atoms with Crippen molar-refractivity contribution in [3.8, 4) is 11.5 Å². The van der Waals surface area contributed by atoms with Crippen LogP contribution in [0.15, 0.2) is 35.2 Å². The summed E-state index contributed by atoms with van der Waals surface area (Å²) in [6, 6.07) is 9.60. The normalized spacial score (nSPS) is 15.6. The molecule has 0 radical (unpaired) electrons. The van der Waals surface area contributed by atoms with E-state index in [9.17, 15) is 0 Å². The fourth-order valence-electron chi connectivity index (χ4n) is 7.00. The van der Waals surface area contributed by atoms with Gasteiger partial charge in [-0.2, -0.15) is 0 Å². The fraction of sp³-hybridized carbons (Fsp3) is 0.576. The minimum absolute atomic E-state index is 0.232. The molecule has 0 saturated heterocycles. The number of methoxy groups -OCH3 is 2. The number of allylic oxidation sites excluding steroid dienone is 2. The Balaban J connectivity index is 2.31. The summed E-state index contributed by atoms with van der Waals surface area (Å²) < 4.78 is 11.5. The molecule has 0 fully saturated rings. The van der Waals surface area contributed by atoms with Crippen LogP contribution in [-0.2, 0) is 0 Å². The zero-order chi connectivity index (χ0) is 27.9. The van der Waals surface area contributed by atoms with E-state index < -0.39 is 7.92 Å². The molecule has 0 unspecified atom stereocenters. The molecule has 2 aromatic carbocycles. The summed E-state index contributed by atoms with van der Waals surface area (Å²) in [5.41, 5.74) is 7.27. The molecule has 3 rings (SSSR count). The molecule has 1 aliphatic rings. The van der Waals surface area contributed by atoms with Crippen LogP contribution < -0.4 is 20.1 Å². The lowest BCUT2D eigenvalue weighted by Gasteiger charge is -2.46. The maximum atomic E-state index is 5.76. The van der Waals surface area contributed by atoms with E-state index in [4.69, 9.17) is 9.47 Å². The van der Waals surface area contributed by atoms with Gasteiger partial charge < -0.3 is 9.47 Å². The summed E-state index contributed by atoms with van der Waals surface area (Å²) in [6.45, 7) is 26.1. The molecule has 37 heavy (non-hydrogen) atoms. The first-order valence-corrected chi connectivity index (χ1v) is 16.5. The molecule has 0 heterocycles. The number of ether oxygens (including phenoxy) is 2. The number of hydrogen-bond acceptors (Lipinski definition) is 2. The van der Waals surface area contributed by atoms with Gasteiger partial charge in [0.25, 0.3) is 0 Å². The van der Waals surface area contributed by atoms with Crippen LogP contribution in [0, 0.1) is 27.7 Å². The van der Waals surface area contributed by atoms with E-state index in [0.717, 1.165) is 11.5 Å². The van der Waals surface area contributed by atoms with Crippen LogP contribution in [0.4, 0.5) is 0 Å². The molecule has 1 atom stereocenters. The van der Waals surface area contributed by atoms with Crippen LogP contribution in [0.1, 0.15) is 90.0 Å². The van der Waals surface area contributed by atoms with E-state index >= 15 is 0 Å². The maximum absolute atomic E-state index is 5.76. The van der Waals surface area contributed by atoms with Gasteiger partial charge >= 0.3 is 0 Å². The van der Waals surface area contributed by atoms with Crippen LogP contribution in [0.5, 0.6) is 11.5 Å². The topological polar surface area (TPSA) is 18.5 Å². The summed E-state index contributed by atoms with van der Waals surface area (Å²) in [6.07, 6.45) is 3.72. The molecular formula is C33H50O2P2. The SMILES string of the molecule is COc1c(C)cc(P(C2=C([C@H](C)P(C(C)(C)C)C(C)(C)C)CCC2)c2cc(C)c(OC)c(C)c2)cc1C. The molecule has 2 aromatic rings. The largest absolute Gasteiger partial charge is 0.496 e. The lowest BCUT2D eigenvalue weighted by atomic mass is 10.1. The zero-order valence-electron chi connectivity index (χ0n) is 25.7. The molecule has 0 N–H and O–H groups in total. The average Bonchev–Trinajstić information content (AvgIpc) is 3.21. The van der Waals surface area contributed by atoms with Gasteiger partial charge in [0.15, 0.2) is 0 Å². The van der Waals surface area contributed by atoms with Crippen LogP contribution >= 0.6 is 15.8 Å². The van der Waals surface area contributed by atoms with Crippen LogP contribution in [0.25, 0.3) is 0 Å². The number of hydrogen-bond donors (Lipinski definition) is 0. The molecule has 0 spiro atoms. The standard InChI is InChI=1S/C33H50O2P2/c1-21-17-26(18-22(2)30(21)34-12)36(27-19-23(3)31(35-13)24(4)20-27)29-16-14-15-28(29)25(5)37(32(6,7)8)33(9,10)11/h17-20,25H,14-16H2,1-13H3/t25-/m0/s1. The van der Waals surface area contributed by atoms with Crippen molar-refractivity contribution >= 4 is 26.5 Å². The van der Waals surface area contributed by atoms with Gasteiger partial charge in [-0.15, -0.1) is 0 Å². The number of rotatable bonds is 7. The van der Waals surface area contributed by atoms with Crippen molar-refractivity contribution in [2.45, 2.75) is 111 Å². The van der Waals surface area contributed by atoms with Gasteiger partial charge in [0.05, 0.1) is 14.2 Å². The van der Waals surface area contributed by atoms with Gasteiger partial charge in [-0.3, -0.25) is 0 Å². The van der Waals surface area contributed by atoms with Gasteiger partial charge in [-0.05, 0) is 133 Å². The van der Waals surface area contributed by atoms with E-state index in [1.54, 1.807) is 25.1 Å². The molecule has 0 bridgehead atoms. The molecule has 1 aliphatic carbocycles. The van der Waals surface area contributed by atoms with E-state index in [-0.39, 0.29) is 7.92 Å². The average molecular weight is 541 g/mol. The third-order valence-electron chi connectivity index (χ3n) is 7.65. The Kier molecular flexibility index (Phi) is 9.30. The highest BCUT2D eigenvalue weighted by molar-refractivity contribution is 7.76. The van der Waals surface area contributed by atoms with Crippen molar-refractivity contribution in [2.75, 3.05) is 14.2 Å². The molecule has 4 heteroatoms. The van der Waals surface area contributed by atoms with Gasteiger partial charge in [0.2, 0.25) is 0 Å². The molecule has 0 aromatic heterocycles. The van der Waals surface area contributed by atoms with Crippen molar-refractivity contribution in [2.24, 2.45) is 0 Å². The van der Waals surface area contributed by atoms with E-state index in [1.807, 2.05) is 0 Å². The molecular weight excluding hydrogens is 490 g/mol. The highest BCUT2D eigenvalue weighted by Gasteiger charge is 2.41. The summed E-state index contributed by atoms with van der Waals surface area (Å²) in [4.78, 5) is 0. The van der Waals surface area contributed by atoms with Crippen molar-refractivity contribution < 1.29 is 9.47 Å². The lowest BCUT2D eigenvalue weighted by Crippen LogP contribution is -2.31. The third kappa shape index (κ3) is 6.28. The quantitative estimate of drug-likeness (QED) is 0.326. The monoisotopic (exact) mass is 540 g/mol. The Morgan fingerprint density at radius 2 is 1.05 bits per heavy atom. The Bertz CT molecular complexity index is 1040. The van der Waals surface area contributed by atoms with Gasteiger partial charge in [0.1, 0.15) is 11.5 Å². The van der Waals surface area contributed by atoms with E-state index in [2.05, 4.69) is 100 Å². The molecule has 204 valence electrons. The Hall–Kier alpha value is -1.36. The first-order valence-electron chi connectivity index (χ1n) is 13.7. The van der Waals surface area contributed by atoms with E-state index in [0.29, 0.717) is 16.0 Å². The molecule has 0 saturated carbocycles. The van der Waals surface area contributed by atoms with Crippen LogP contribution in [-0.4, -0.2) is 30.2 Å². The highest BCUT2D eigenvalue weighted by atomic mass is 31.1. The summed E-state index contributed by atoms with van der Waals surface area (Å²) >= 11 is 0. The van der Waals surface area contributed by atoms with Gasteiger partial charge in [-0.25, -0.2) is 0 Å². The molecule has 0 amide bonds. The maximum Gasteiger partial charge on any atom is 0.124 e. The second kappa shape index (κ2) is 11.4. The lowest BCUT2D eigenvalue weighted by molar-refractivity contribution is 0.408. The predicted octanol–water partition coefficient (Wildman–Crippen LogP) is 9.28. The minimum atomic E-state index is -0.641. The summed E-state index contributed by atoms with van der Waals surface area (Å²) in [7, 11) is 2.70. The molecule has 0 aliphatic heterocycles. The summed E-state index contributed by atoms with van der Waals surface area (Å²) in [5, 5.41) is 5.23. The second-order valence-corrected chi connectivity index (χ2v) is 19.2. The fourth-order valence-corrected chi connectivity index (χ4v) is 15.2. The smallest absolute Gasteiger partial charge is 0.124 e. The van der Waals surface area contributed by atoms with Crippen molar-refractivity contribution in [3.63, 3.8) is 0 Å². The summed E-state index contributed by atoms with van der Waals surface area (Å²) in [5.74, 6) is 2.03. The van der Waals surface area contributed by atoms with Crippen LogP contribution in [0.3, 0.4) is 0 Å². The van der Waals surface area contributed by atoms with Crippen molar-refractivity contribution in [3.05, 3.63) is 57.4 Å². The predicted molar refractivity (Wildman–Crippen MR) is 168 cm³/mol. The highest BCUT2D eigenvalue weighted by Crippen LogP contribution is 2.66. The number of benzene rings is 2. The Morgan fingerprint density at radius 1 is 0.676 bits per heavy atom. The Labute approximate surface area is 230 Å². The molecule has 2 nitrogen and oxygen atoms in total. The first-order chi connectivity index (χ1) is 17.1. The first kappa shape index (κ1) is 30.2. The zero-order valence-corrected chi connectivity index (χ0v) is 27.5. The van der Waals surface area contributed by atoms with Gasteiger partial charge in [0, 0.05) is 0 Å². The van der Waals surface area contributed by atoms with Gasteiger partial charge in [-0.1, -0.05) is 62.0 Å². The minimum Gasteiger partial charge on any atom is -0.496 e. The third-order valence-corrected chi connectivity index (χ3v) is 14.2. The Morgan fingerprint density at radius 3 is 1.38 bits per heavy atom. The second-order valence-electron chi connectivity index (χ2n) is 12.8. The van der Waals surface area contributed by atoms with Crippen LogP contribution in [0.2, 0.25) is 0 Å². The van der Waals surface area contributed by atoms with Crippen molar-refractivity contribution in [1.82, 2.24) is 0 Å². The van der Waals surface area contributed by atoms with Crippen molar-refractivity contribution in [1.29, 1.82) is 0 Å². The van der Waals surface area contributed by atoms with E-state index in [1.165, 1.54) is 52.1 Å².